The number of aryl methyl sites for hydroxylation is 1. The van der Waals surface area contributed by atoms with Crippen molar-refractivity contribution in [3.05, 3.63) is 48.2 Å². The number of aromatic nitrogens is 1. The van der Waals surface area contributed by atoms with Crippen LogP contribution in [0.15, 0.2) is 47.5 Å². The van der Waals surface area contributed by atoms with Gasteiger partial charge < -0.3 is 15.1 Å². The molecule has 7 nitrogen and oxygen atoms in total. The van der Waals surface area contributed by atoms with E-state index in [0.717, 1.165) is 23.3 Å². The van der Waals surface area contributed by atoms with Gasteiger partial charge in [-0.15, -0.1) is 11.8 Å². The molecule has 8 heteroatoms. The van der Waals surface area contributed by atoms with Crippen molar-refractivity contribution < 1.29 is 14.4 Å². The highest BCUT2D eigenvalue weighted by Crippen LogP contribution is 2.40. The van der Waals surface area contributed by atoms with E-state index in [2.05, 4.69) is 10.3 Å². The minimum absolute atomic E-state index is 0.169. The number of fused-ring (bicyclic) bond motifs is 1. The van der Waals surface area contributed by atoms with Gasteiger partial charge in [-0.25, -0.2) is 4.98 Å². The Balaban J connectivity index is 1.57. The molecule has 1 aromatic carbocycles. The maximum atomic E-state index is 13.2. The van der Waals surface area contributed by atoms with Crippen molar-refractivity contribution in [2.75, 3.05) is 29.9 Å². The lowest BCUT2D eigenvalue weighted by Gasteiger charge is -2.34. The Hall–Kier alpha value is -2.87. The standard InChI is InChI=1S/C21H22N4O3S/c1-14-7-6-10-22-19(14)23-17(26)13-25-15-8-2-3-9-16(15)29-18(21(25)28)20(27)24-11-4-5-12-24/h2-3,6-10,18H,4-5,11-13H2,1H3,(H,22,23,26). The molecule has 1 atom stereocenters. The third kappa shape index (κ3) is 3.98. The van der Waals surface area contributed by atoms with Gasteiger partial charge in [-0.05, 0) is 43.5 Å². The maximum Gasteiger partial charge on any atom is 0.250 e. The van der Waals surface area contributed by atoms with Gasteiger partial charge in [0.2, 0.25) is 11.8 Å². The number of anilines is 2. The average molecular weight is 410 g/mol. The first-order chi connectivity index (χ1) is 14.0. The van der Waals surface area contributed by atoms with E-state index in [1.807, 2.05) is 31.2 Å². The van der Waals surface area contributed by atoms with Crippen molar-refractivity contribution in [1.82, 2.24) is 9.88 Å². The van der Waals surface area contributed by atoms with Crippen molar-refractivity contribution in [1.29, 1.82) is 0 Å². The second-order valence-corrected chi connectivity index (χ2v) is 8.29. The van der Waals surface area contributed by atoms with Crippen molar-refractivity contribution >= 4 is 41.0 Å². The number of thioether (sulfide) groups is 1. The molecule has 1 saturated heterocycles. The molecule has 150 valence electrons. The van der Waals surface area contributed by atoms with Crippen LogP contribution in [0.1, 0.15) is 18.4 Å². The van der Waals surface area contributed by atoms with E-state index in [1.54, 1.807) is 23.2 Å². The lowest BCUT2D eigenvalue weighted by atomic mass is 10.2. The van der Waals surface area contributed by atoms with Crippen LogP contribution in [-0.4, -0.2) is 52.5 Å². The van der Waals surface area contributed by atoms with Gasteiger partial charge >= 0.3 is 0 Å². The molecule has 2 aromatic rings. The molecular formula is C21H22N4O3S. The number of para-hydroxylation sites is 1. The second kappa shape index (κ2) is 8.24. The molecule has 1 aromatic heterocycles. The fourth-order valence-electron chi connectivity index (χ4n) is 3.57. The number of amides is 3. The average Bonchev–Trinajstić information content (AvgIpc) is 3.26. The summed E-state index contributed by atoms with van der Waals surface area (Å²) in [5, 5.41) is 1.91. The summed E-state index contributed by atoms with van der Waals surface area (Å²) in [5.41, 5.74) is 1.49. The predicted molar refractivity (Wildman–Crippen MR) is 112 cm³/mol. The largest absolute Gasteiger partial charge is 0.341 e. The van der Waals surface area contributed by atoms with Gasteiger partial charge in [-0.2, -0.15) is 0 Å². The van der Waals surface area contributed by atoms with Crippen LogP contribution in [0.5, 0.6) is 0 Å². The van der Waals surface area contributed by atoms with Crippen LogP contribution in [0.3, 0.4) is 0 Å². The monoisotopic (exact) mass is 410 g/mol. The van der Waals surface area contributed by atoms with Gasteiger partial charge in [0.1, 0.15) is 12.4 Å². The van der Waals surface area contributed by atoms with Crippen molar-refractivity contribution in [3.8, 4) is 0 Å². The van der Waals surface area contributed by atoms with Crippen LogP contribution in [-0.2, 0) is 14.4 Å². The fraction of sp³-hybridized carbons (Fsp3) is 0.333. The Morgan fingerprint density at radius 1 is 1.17 bits per heavy atom. The Bertz CT molecular complexity index is 958. The van der Waals surface area contributed by atoms with Gasteiger partial charge in [-0.3, -0.25) is 14.4 Å². The maximum absolute atomic E-state index is 13.2. The van der Waals surface area contributed by atoms with E-state index in [-0.39, 0.29) is 24.3 Å². The highest BCUT2D eigenvalue weighted by molar-refractivity contribution is 8.01. The molecule has 1 unspecified atom stereocenters. The third-order valence-corrected chi connectivity index (χ3v) is 6.34. The zero-order valence-corrected chi connectivity index (χ0v) is 16.9. The first kappa shape index (κ1) is 19.4. The summed E-state index contributed by atoms with van der Waals surface area (Å²) < 4.78 is 0. The van der Waals surface area contributed by atoms with Crippen molar-refractivity contribution in [2.45, 2.75) is 29.9 Å². The number of hydrogen-bond acceptors (Lipinski definition) is 5. The highest BCUT2D eigenvalue weighted by Gasteiger charge is 2.41. The number of nitrogens with zero attached hydrogens (tertiary/aromatic N) is 3. The molecule has 0 aliphatic carbocycles. The molecule has 0 saturated carbocycles. The first-order valence-corrected chi connectivity index (χ1v) is 10.5. The molecule has 4 rings (SSSR count). The van der Waals surface area contributed by atoms with E-state index >= 15 is 0 Å². The Morgan fingerprint density at radius 2 is 1.93 bits per heavy atom. The molecule has 1 fully saturated rings. The van der Waals surface area contributed by atoms with E-state index in [4.69, 9.17) is 0 Å². The van der Waals surface area contributed by atoms with Crippen molar-refractivity contribution in [3.63, 3.8) is 0 Å². The Kier molecular flexibility index (Phi) is 5.53. The fourth-order valence-corrected chi connectivity index (χ4v) is 4.76. The molecule has 29 heavy (non-hydrogen) atoms. The van der Waals surface area contributed by atoms with E-state index in [1.165, 1.54) is 16.7 Å². The lowest BCUT2D eigenvalue weighted by Crippen LogP contribution is -2.51. The summed E-state index contributed by atoms with van der Waals surface area (Å²) >= 11 is 1.27. The zero-order chi connectivity index (χ0) is 20.4. The zero-order valence-electron chi connectivity index (χ0n) is 16.1. The van der Waals surface area contributed by atoms with Crippen LogP contribution in [0.25, 0.3) is 0 Å². The van der Waals surface area contributed by atoms with E-state index < -0.39 is 5.25 Å². The molecule has 3 amide bonds. The van der Waals surface area contributed by atoms with Crippen LogP contribution in [0, 0.1) is 6.92 Å². The summed E-state index contributed by atoms with van der Waals surface area (Å²) in [6.07, 6.45) is 3.53. The van der Waals surface area contributed by atoms with E-state index in [0.29, 0.717) is 24.6 Å². The number of likely N-dealkylation sites (tertiary alicyclic amines) is 1. The number of carbonyl (C=O) groups excluding carboxylic acids is 3. The number of rotatable bonds is 4. The van der Waals surface area contributed by atoms with Crippen LogP contribution < -0.4 is 10.2 Å². The van der Waals surface area contributed by atoms with Gasteiger partial charge in [-0.1, -0.05) is 18.2 Å². The molecular weight excluding hydrogens is 388 g/mol. The number of carbonyl (C=O) groups is 3. The minimum atomic E-state index is -0.854. The molecule has 1 N–H and O–H groups in total. The number of benzene rings is 1. The first-order valence-electron chi connectivity index (χ1n) is 9.62. The summed E-state index contributed by atoms with van der Waals surface area (Å²) in [4.78, 5) is 47.0. The Morgan fingerprint density at radius 3 is 2.69 bits per heavy atom. The highest BCUT2D eigenvalue weighted by atomic mass is 32.2. The molecule has 2 aliphatic heterocycles. The van der Waals surface area contributed by atoms with Gasteiger partial charge in [0, 0.05) is 24.2 Å². The minimum Gasteiger partial charge on any atom is -0.341 e. The predicted octanol–water partition coefficient (Wildman–Crippen LogP) is 2.46. The van der Waals surface area contributed by atoms with Gasteiger partial charge in [0.15, 0.2) is 5.25 Å². The summed E-state index contributed by atoms with van der Waals surface area (Å²) in [6, 6.07) is 11.0. The summed E-state index contributed by atoms with van der Waals surface area (Å²) in [6.45, 7) is 3.05. The number of pyridine rings is 1. The van der Waals surface area contributed by atoms with Gasteiger partial charge in [0.25, 0.3) is 5.91 Å². The molecule has 0 bridgehead atoms. The smallest absolute Gasteiger partial charge is 0.250 e. The second-order valence-electron chi connectivity index (χ2n) is 7.14. The SMILES string of the molecule is Cc1cccnc1NC(=O)CN1C(=O)C(C(=O)N2CCCC2)Sc2ccccc21. The molecule has 3 heterocycles. The number of nitrogens with one attached hydrogen (secondary N) is 1. The lowest BCUT2D eigenvalue weighted by molar-refractivity contribution is -0.134. The summed E-state index contributed by atoms with van der Waals surface area (Å²) in [7, 11) is 0. The van der Waals surface area contributed by atoms with Crippen LogP contribution in [0.4, 0.5) is 11.5 Å². The third-order valence-electron chi connectivity index (χ3n) is 5.10. The molecule has 0 radical (unpaired) electrons. The van der Waals surface area contributed by atoms with E-state index in [9.17, 15) is 14.4 Å². The topological polar surface area (TPSA) is 82.6 Å². The van der Waals surface area contributed by atoms with Crippen molar-refractivity contribution in [2.24, 2.45) is 0 Å². The molecule has 2 aliphatic rings. The Labute approximate surface area is 173 Å². The summed E-state index contributed by atoms with van der Waals surface area (Å²) in [5.74, 6) is -0.403. The quantitative estimate of drug-likeness (QED) is 0.783. The number of hydrogen-bond donors (Lipinski definition) is 1. The van der Waals surface area contributed by atoms with Crippen LogP contribution in [0.2, 0.25) is 0 Å². The normalized spacial score (nSPS) is 18.5. The van der Waals surface area contributed by atoms with Gasteiger partial charge in [0.05, 0.1) is 5.69 Å². The molecule has 0 spiro atoms. The van der Waals surface area contributed by atoms with Crippen LogP contribution >= 0.6 is 11.8 Å².